The van der Waals surface area contributed by atoms with Crippen molar-refractivity contribution in [3.8, 4) is 16.9 Å². The first-order chi connectivity index (χ1) is 9.70. The molecule has 3 aromatic rings. The minimum Gasteiger partial charge on any atom is -0.496 e. The lowest BCUT2D eigenvalue weighted by atomic mass is 10.0. The molecule has 2 aromatic carbocycles. The Morgan fingerprint density at radius 1 is 1.25 bits per heavy atom. The van der Waals surface area contributed by atoms with Gasteiger partial charge < -0.3 is 9.72 Å². The first kappa shape index (κ1) is 12.7. The summed E-state index contributed by atoms with van der Waals surface area (Å²) in [5.74, 6) is 0.664. The first-order valence-electron chi connectivity index (χ1n) is 6.01. The van der Waals surface area contributed by atoms with Crippen LogP contribution in [0.5, 0.6) is 5.75 Å². The van der Waals surface area contributed by atoms with Crippen LogP contribution in [0.25, 0.3) is 22.0 Å². The maximum Gasteiger partial charge on any atom is 0.258 e. The Morgan fingerprint density at radius 3 is 2.90 bits per heavy atom. The number of H-pyrrole nitrogens is 1. The van der Waals surface area contributed by atoms with Gasteiger partial charge in [0.1, 0.15) is 5.75 Å². The van der Waals surface area contributed by atoms with Gasteiger partial charge in [0.2, 0.25) is 0 Å². The molecule has 0 fully saturated rings. The summed E-state index contributed by atoms with van der Waals surface area (Å²) in [6.45, 7) is 0. The zero-order valence-electron chi connectivity index (χ0n) is 10.7. The Bertz CT molecular complexity index is 843. The quantitative estimate of drug-likeness (QED) is 0.787. The topological polar surface area (TPSA) is 55.0 Å². The molecule has 4 nitrogen and oxygen atoms in total. The van der Waals surface area contributed by atoms with Gasteiger partial charge in [0.15, 0.2) is 0 Å². The molecule has 0 aliphatic carbocycles. The molecule has 0 saturated carbocycles. The van der Waals surface area contributed by atoms with Crippen LogP contribution in [0.2, 0.25) is 5.02 Å². The van der Waals surface area contributed by atoms with E-state index in [2.05, 4.69) is 9.97 Å². The number of ether oxygens (including phenoxy) is 1. The molecule has 1 heterocycles. The molecule has 3 rings (SSSR count). The lowest BCUT2D eigenvalue weighted by molar-refractivity contribution is 0.416. The van der Waals surface area contributed by atoms with Gasteiger partial charge in [-0.2, -0.15) is 0 Å². The third-order valence-electron chi connectivity index (χ3n) is 3.12. The standard InChI is InChI=1S/C15H11ClN2O2/c1-20-13-4-2-3-11(16)14(13)9-5-6-12-10(7-9)15(19)18-8-17-12/h2-8H,1H3,(H,17,18,19). The number of hydrogen-bond acceptors (Lipinski definition) is 3. The van der Waals surface area contributed by atoms with Crippen molar-refractivity contribution >= 4 is 22.5 Å². The summed E-state index contributed by atoms with van der Waals surface area (Å²) in [7, 11) is 1.59. The Hall–Kier alpha value is -2.33. The van der Waals surface area contributed by atoms with Gasteiger partial charge in [0.25, 0.3) is 5.56 Å². The van der Waals surface area contributed by atoms with Crippen molar-refractivity contribution in [3.05, 3.63) is 58.1 Å². The van der Waals surface area contributed by atoms with Gasteiger partial charge in [-0.3, -0.25) is 4.79 Å². The van der Waals surface area contributed by atoms with Gasteiger partial charge in [-0.25, -0.2) is 4.98 Å². The Morgan fingerprint density at radius 2 is 2.10 bits per heavy atom. The van der Waals surface area contributed by atoms with Crippen LogP contribution in [0, 0.1) is 0 Å². The summed E-state index contributed by atoms with van der Waals surface area (Å²) in [6.07, 6.45) is 1.39. The van der Waals surface area contributed by atoms with E-state index in [1.54, 1.807) is 25.3 Å². The number of rotatable bonds is 2. The fourth-order valence-corrected chi connectivity index (χ4v) is 2.45. The van der Waals surface area contributed by atoms with Crippen molar-refractivity contribution in [2.75, 3.05) is 7.11 Å². The van der Waals surface area contributed by atoms with E-state index in [1.807, 2.05) is 18.2 Å². The predicted octanol–water partition coefficient (Wildman–Crippen LogP) is 3.25. The van der Waals surface area contributed by atoms with Crippen molar-refractivity contribution in [2.45, 2.75) is 0 Å². The van der Waals surface area contributed by atoms with Crippen LogP contribution in [-0.2, 0) is 0 Å². The summed E-state index contributed by atoms with van der Waals surface area (Å²) in [5.41, 5.74) is 2.05. The summed E-state index contributed by atoms with van der Waals surface area (Å²) in [4.78, 5) is 18.5. The van der Waals surface area contributed by atoms with Crippen LogP contribution in [0.4, 0.5) is 0 Å². The van der Waals surface area contributed by atoms with Crippen molar-refractivity contribution in [1.29, 1.82) is 0 Å². The van der Waals surface area contributed by atoms with E-state index in [1.165, 1.54) is 6.33 Å². The Balaban J connectivity index is 2.31. The maximum atomic E-state index is 11.8. The smallest absolute Gasteiger partial charge is 0.258 e. The van der Waals surface area contributed by atoms with Crippen molar-refractivity contribution in [3.63, 3.8) is 0 Å². The van der Waals surface area contributed by atoms with Gasteiger partial charge >= 0.3 is 0 Å². The SMILES string of the molecule is COc1cccc(Cl)c1-c1ccc2nc[nH]c(=O)c2c1. The number of halogens is 1. The molecular weight excluding hydrogens is 276 g/mol. The third-order valence-corrected chi connectivity index (χ3v) is 3.44. The lowest BCUT2D eigenvalue weighted by Gasteiger charge is -2.10. The molecule has 0 amide bonds. The van der Waals surface area contributed by atoms with Crippen LogP contribution in [0.3, 0.4) is 0 Å². The minimum atomic E-state index is -0.178. The second-order valence-corrected chi connectivity index (χ2v) is 4.69. The largest absolute Gasteiger partial charge is 0.496 e. The number of aromatic amines is 1. The van der Waals surface area contributed by atoms with Gasteiger partial charge in [0, 0.05) is 5.56 Å². The summed E-state index contributed by atoms with van der Waals surface area (Å²) < 4.78 is 5.34. The number of nitrogens with one attached hydrogen (secondary N) is 1. The summed E-state index contributed by atoms with van der Waals surface area (Å²) in [6, 6.07) is 10.9. The highest BCUT2D eigenvalue weighted by atomic mass is 35.5. The normalized spacial score (nSPS) is 10.7. The molecule has 0 aliphatic heterocycles. The molecule has 1 N–H and O–H groups in total. The molecule has 20 heavy (non-hydrogen) atoms. The average molecular weight is 287 g/mol. The van der Waals surface area contributed by atoms with E-state index in [-0.39, 0.29) is 5.56 Å². The molecule has 0 bridgehead atoms. The van der Waals surface area contributed by atoms with E-state index < -0.39 is 0 Å². The number of hydrogen-bond donors (Lipinski definition) is 1. The molecule has 0 atom stereocenters. The Labute approximate surface area is 120 Å². The van der Waals surface area contributed by atoms with E-state index >= 15 is 0 Å². The molecule has 0 radical (unpaired) electrons. The number of fused-ring (bicyclic) bond motifs is 1. The number of nitrogens with zero attached hydrogens (tertiary/aromatic N) is 1. The fraction of sp³-hybridized carbons (Fsp3) is 0.0667. The van der Waals surface area contributed by atoms with E-state index in [9.17, 15) is 4.79 Å². The predicted molar refractivity (Wildman–Crippen MR) is 79.4 cm³/mol. The Kier molecular flexibility index (Phi) is 3.16. The van der Waals surface area contributed by atoms with Gasteiger partial charge in [-0.1, -0.05) is 23.7 Å². The molecular formula is C15H11ClN2O2. The van der Waals surface area contributed by atoms with Crippen LogP contribution in [-0.4, -0.2) is 17.1 Å². The fourth-order valence-electron chi connectivity index (χ4n) is 2.18. The highest BCUT2D eigenvalue weighted by Gasteiger charge is 2.11. The van der Waals surface area contributed by atoms with Gasteiger partial charge in [-0.15, -0.1) is 0 Å². The van der Waals surface area contributed by atoms with Gasteiger partial charge in [-0.05, 0) is 29.8 Å². The minimum absolute atomic E-state index is 0.178. The highest BCUT2D eigenvalue weighted by molar-refractivity contribution is 6.33. The molecule has 5 heteroatoms. The third kappa shape index (κ3) is 2.04. The number of aromatic nitrogens is 2. The van der Waals surface area contributed by atoms with E-state index in [0.29, 0.717) is 21.7 Å². The second kappa shape index (κ2) is 4.98. The van der Waals surface area contributed by atoms with Crippen molar-refractivity contribution < 1.29 is 4.74 Å². The zero-order chi connectivity index (χ0) is 14.1. The molecule has 0 aliphatic rings. The van der Waals surface area contributed by atoms with Crippen molar-refractivity contribution in [2.24, 2.45) is 0 Å². The molecule has 0 spiro atoms. The summed E-state index contributed by atoms with van der Waals surface area (Å²) in [5, 5.41) is 1.09. The molecule has 0 unspecified atom stereocenters. The van der Waals surface area contributed by atoms with Crippen LogP contribution < -0.4 is 10.3 Å². The molecule has 0 saturated heterocycles. The average Bonchev–Trinajstić information content (AvgIpc) is 2.47. The van der Waals surface area contributed by atoms with Crippen LogP contribution in [0.1, 0.15) is 0 Å². The maximum absolute atomic E-state index is 11.8. The number of benzene rings is 2. The van der Waals surface area contributed by atoms with Crippen LogP contribution in [0.15, 0.2) is 47.5 Å². The zero-order valence-corrected chi connectivity index (χ0v) is 11.4. The van der Waals surface area contributed by atoms with E-state index in [4.69, 9.17) is 16.3 Å². The lowest BCUT2D eigenvalue weighted by Crippen LogP contribution is -2.06. The molecule has 1 aromatic heterocycles. The van der Waals surface area contributed by atoms with Crippen molar-refractivity contribution in [1.82, 2.24) is 9.97 Å². The van der Waals surface area contributed by atoms with Gasteiger partial charge in [0.05, 0.1) is 29.4 Å². The highest BCUT2D eigenvalue weighted by Crippen LogP contribution is 2.36. The van der Waals surface area contributed by atoms with E-state index in [0.717, 1.165) is 11.1 Å². The first-order valence-corrected chi connectivity index (χ1v) is 6.39. The molecule has 100 valence electrons. The monoisotopic (exact) mass is 286 g/mol. The number of methoxy groups -OCH3 is 1. The second-order valence-electron chi connectivity index (χ2n) is 4.28. The van der Waals surface area contributed by atoms with Crippen LogP contribution >= 0.6 is 11.6 Å². The summed E-state index contributed by atoms with van der Waals surface area (Å²) >= 11 is 6.25.